The highest BCUT2D eigenvalue weighted by atomic mass is 19.2. The van der Waals surface area contributed by atoms with Gasteiger partial charge in [0.25, 0.3) is 0 Å². The van der Waals surface area contributed by atoms with Crippen molar-refractivity contribution in [3.05, 3.63) is 29.6 Å². The van der Waals surface area contributed by atoms with Gasteiger partial charge in [0, 0.05) is 24.6 Å². The second kappa shape index (κ2) is 5.07. The molecule has 1 aromatic carbocycles. The van der Waals surface area contributed by atoms with Crippen molar-refractivity contribution in [2.45, 2.75) is 37.8 Å². The minimum absolute atomic E-state index is 0.00711. The van der Waals surface area contributed by atoms with Gasteiger partial charge in [-0.25, -0.2) is 13.8 Å². The van der Waals surface area contributed by atoms with Gasteiger partial charge in [-0.3, -0.25) is 4.79 Å². The van der Waals surface area contributed by atoms with E-state index in [1.54, 1.807) is 4.57 Å². The van der Waals surface area contributed by atoms with Gasteiger partial charge in [-0.05, 0) is 12.8 Å². The molecule has 3 rings (SSSR count). The number of aliphatic hydroxyl groups excluding tert-OH is 1. The van der Waals surface area contributed by atoms with E-state index in [1.165, 1.54) is 0 Å². The Morgan fingerprint density at radius 1 is 1.33 bits per heavy atom. The van der Waals surface area contributed by atoms with Crippen LogP contribution in [0.25, 0.3) is 11.0 Å². The van der Waals surface area contributed by atoms with E-state index in [9.17, 15) is 18.7 Å². The van der Waals surface area contributed by atoms with Crippen molar-refractivity contribution in [1.29, 1.82) is 0 Å². The molecule has 1 aliphatic rings. The largest absolute Gasteiger partial charge is 0.481 e. The van der Waals surface area contributed by atoms with Gasteiger partial charge >= 0.3 is 5.97 Å². The summed E-state index contributed by atoms with van der Waals surface area (Å²) >= 11 is 0. The number of nitrogens with zero attached hydrogens (tertiary/aromatic N) is 2. The summed E-state index contributed by atoms with van der Waals surface area (Å²) in [6, 6.07) is 2.05. The summed E-state index contributed by atoms with van der Waals surface area (Å²) < 4.78 is 28.3. The molecular weight excluding hydrogens is 282 g/mol. The van der Waals surface area contributed by atoms with E-state index >= 15 is 0 Å². The van der Waals surface area contributed by atoms with Gasteiger partial charge in [-0.2, -0.15) is 0 Å². The third kappa shape index (κ3) is 2.49. The Labute approximate surface area is 118 Å². The first-order chi connectivity index (χ1) is 9.95. The second-order valence-electron chi connectivity index (χ2n) is 5.34. The molecule has 2 N–H and O–H groups in total. The highest BCUT2D eigenvalue weighted by molar-refractivity contribution is 5.77. The van der Waals surface area contributed by atoms with Crippen LogP contribution in [0.3, 0.4) is 0 Å². The molecule has 2 aromatic rings. The SMILES string of the molecule is O=C(O)CCn1c(C2CC(O)C2)nc2cc(F)c(F)cc21. The van der Waals surface area contributed by atoms with E-state index in [1.807, 2.05) is 0 Å². The number of carbonyl (C=O) groups is 1. The van der Waals surface area contributed by atoms with Crippen LogP contribution in [0.15, 0.2) is 12.1 Å². The Hall–Kier alpha value is -2.02. The van der Waals surface area contributed by atoms with E-state index in [2.05, 4.69) is 4.98 Å². The molecule has 0 unspecified atom stereocenters. The van der Waals surface area contributed by atoms with Gasteiger partial charge in [-0.15, -0.1) is 0 Å². The Morgan fingerprint density at radius 2 is 2.00 bits per heavy atom. The van der Waals surface area contributed by atoms with Crippen LogP contribution < -0.4 is 0 Å². The number of aliphatic carboxylic acids is 1. The van der Waals surface area contributed by atoms with Crippen LogP contribution in [0.2, 0.25) is 0 Å². The third-order valence-electron chi connectivity index (χ3n) is 3.85. The topological polar surface area (TPSA) is 75.3 Å². The molecule has 0 amide bonds. The lowest BCUT2D eigenvalue weighted by molar-refractivity contribution is -0.137. The normalized spacial score (nSPS) is 21.5. The molecule has 1 fully saturated rings. The van der Waals surface area contributed by atoms with E-state index in [-0.39, 0.29) is 18.9 Å². The first-order valence-corrected chi connectivity index (χ1v) is 6.70. The van der Waals surface area contributed by atoms with Gasteiger partial charge in [0.1, 0.15) is 5.82 Å². The van der Waals surface area contributed by atoms with Gasteiger partial charge < -0.3 is 14.8 Å². The molecule has 7 heteroatoms. The molecule has 0 aliphatic heterocycles. The fourth-order valence-corrected chi connectivity index (χ4v) is 2.69. The number of fused-ring (bicyclic) bond motifs is 1. The number of rotatable bonds is 4. The average molecular weight is 296 g/mol. The van der Waals surface area contributed by atoms with Crippen molar-refractivity contribution in [3.63, 3.8) is 0 Å². The summed E-state index contributed by atoms with van der Waals surface area (Å²) in [6.07, 6.45) is 0.534. The lowest BCUT2D eigenvalue weighted by atomic mass is 9.82. The smallest absolute Gasteiger partial charge is 0.305 e. The maximum Gasteiger partial charge on any atom is 0.305 e. The van der Waals surface area contributed by atoms with Crippen molar-refractivity contribution < 1.29 is 23.8 Å². The minimum atomic E-state index is -0.987. The second-order valence-corrected chi connectivity index (χ2v) is 5.34. The van der Waals surface area contributed by atoms with Gasteiger partial charge in [0.2, 0.25) is 0 Å². The maximum atomic E-state index is 13.4. The molecule has 5 nitrogen and oxygen atoms in total. The first kappa shape index (κ1) is 13.9. The Kier molecular flexibility index (Phi) is 3.36. The zero-order valence-corrected chi connectivity index (χ0v) is 11.1. The van der Waals surface area contributed by atoms with Crippen molar-refractivity contribution in [1.82, 2.24) is 9.55 Å². The van der Waals surface area contributed by atoms with Crippen LogP contribution in [0.1, 0.15) is 31.0 Å². The molecule has 112 valence electrons. The predicted octanol–water partition coefficient (Wildman–Crippen LogP) is 2.03. The van der Waals surface area contributed by atoms with Crippen LogP contribution >= 0.6 is 0 Å². The highest BCUT2D eigenvalue weighted by Crippen LogP contribution is 2.38. The summed E-state index contributed by atoms with van der Waals surface area (Å²) in [4.78, 5) is 15.1. The number of carboxylic acid groups (broad SMARTS) is 1. The van der Waals surface area contributed by atoms with Crippen LogP contribution in [-0.2, 0) is 11.3 Å². The summed E-state index contributed by atoms with van der Waals surface area (Å²) in [5.41, 5.74) is 0.683. The summed E-state index contributed by atoms with van der Waals surface area (Å²) in [7, 11) is 0. The molecular formula is C14H14F2N2O3. The highest BCUT2D eigenvalue weighted by Gasteiger charge is 2.33. The predicted molar refractivity (Wildman–Crippen MR) is 69.9 cm³/mol. The fourth-order valence-electron chi connectivity index (χ4n) is 2.69. The minimum Gasteiger partial charge on any atom is -0.481 e. The van der Waals surface area contributed by atoms with Crippen molar-refractivity contribution in [2.24, 2.45) is 0 Å². The van der Waals surface area contributed by atoms with Crippen LogP contribution in [0.4, 0.5) is 8.78 Å². The van der Waals surface area contributed by atoms with E-state index in [0.717, 1.165) is 12.1 Å². The van der Waals surface area contributed by atoms with Crippen molar-refractivity contribution in [3.8, 4) is 0 Å². The lowest BCUT2D eigenvalue weighted by Gasteiger charge is -2.31. The summed E-state index contributed by atoms with van der Waals surface area (Å²) in [6.45, 7) is 0.138. The van der Waals surface area contributed by atoms with Gasteiger partial charge in [0.15, 0.2) is 11.6 Å². The van der Waals surface area contributed by atoms with Crippen molar-refractivity contribution >= 4 is 17.0 Å². The number of hydrogen-bond donors (Lipinski definition) is 2. The molecule has 1 saturated carbocycles. The number of aromatic nitrogens is 2. The third-order valence-corrected chi connectivity index (χ3v) is 3.85. The molecule has 0 atom stereocenters. The molecule has 0 bridgehead atoms. The zero-order valence-electron chi connectivity index (χ0n) is 11.1. The first-order valence-electron chi connectivity index (χ1n) is 6.70. The van der Waals surface area contributed by atoms with Crippen molar-refractivity contribution in [2.75, 3.05) is 0 Å². The lowest BCUT2D eigenvalue weighted by Crippen LogP contribution is -2.29. The molecule has 1 heterocycles. The number of imidazole rings is 1. The van der Waals surface area contributed by atoms with Gasteiger partial charge in [-0.1, -0.05) is 0 Å². The standard InChI is InChI=1S/C14H14F2N2O3/c15-9-5-11-12(6-10(9)16)18(2-1-13(20)21)14(17-11)7-3-8(19)4-7/h5-8,19H,1-4H2,(H,20,21). The van der Waals surface area contributed by atoms with E-state index in [0.29, 0.717) is 29.7 Å². The monoisotopic (exact) mass is 296 g/mol. The van der Waals surface area contributed by atoms with Crippen LogP contribution in [-0.4, -0.2) is 31.8 Å². The molecule has 1 aliphatic carbocycles. The fraction of sp³-hybridized carbons (Fsp3) is 0.429. The van der Waals surface area contributed by atoms with Gasteiger partial charge in [0.05, 0.1) is 23.6 Å². The molecule has 0 saturated heterocycles. The quantitative estimate of drug-likeness (QED) is 0.905. The number of aliphatic hydroxyl groups is 1. The number of halogens is 2. The number of carboxylic acids is 1. The average Bonchev–Trinajstić information content (AvgIpc) is 2.70. The number of benzene rings is 1. The van der Waals surface area contributed by atoms with Crippen LogP contribution in [0.5, 0.6) is 0 Å². The van der Waals surface area contributed by atoms with E-state index < -0.39 is 23.7 Å². The zero-order chi connectivity index (χ0) is 15.1. The Balaban J connectivity index is 2.06. The Morgan fingerprint density at radius 3 is 2.62 bits per heavy atom. The molecule has 21 heavy (non-hydrogen) atoms. The molecule has 0 radical (unpaired) electrons. The maximum absolute atomic E-state index is 13.4. The van der Waals surface area contributed by atoms with E-state index in [4.69, 9.17) is 5.11 Å². The summed E-state index contributed by atoms with van der Waals surface area (Å²) in [5.74, 6) is -2.36. The van der Waals surface area contributed by atoms with Crippen LogP contribution in [0, 0.1) is 11.6 Å². The number of aryl methyl sites for hydroxylation is 1. The molecule has 1 aromatic heterocycles. The molecule has 0 spiro atoms. The summed E-state index contributed by atoms with van der Waals surface area (Å²) in [5, 5.41) is 18.2. The Bertz CT molecular complexity index is 708. The number of hydrogen-bond acceptors (Lipinski definition) is 3.